The van der Waals surface area contributed by atoms with Gasteiger partial charge in [0.2, 0.25) is 0 Å². The maximum Gasteiger partial charge on any atom is 0.356 e. The first kappa shape index (κ1) is 11.2. The highest BCUT2D eigenvalue weighted by molar-refractivity contribution is 5.85. The molecule has 1 aliphatic heterocycles. The van der Waals surface area contributed by atoms with Crippen molar-refractivity contribution in [2.75, 3.05) is 0 Å². The number of rotatable bonds is 2. The molecule has 19 heavy (non-hydrogen) atoms. The Labute approximate surface area is 106 Å². The van der Waals surface area contributed by atoms with Gasteiger partial charge in [-0.15, -0.1) is 0 Å². The number of ether oxygens (including phenoxy) is 1. The lowest BCUT2D eigenvalue weighted by Gasteiger charge is -2.18. The van der Waals surface area contributed by atoms with E-state index in [2.05, 4.69) is 4.98 Å². The second-order valence-corrected chi connectivity index (χ2v) is 3.92. The molecule has 0 atom stereocenters. The topological polar surface area (TPSA) is 107 Å². The number of non-ortho nitro benzene ring substituents is 1. The van der Waals surface area contributed by atoms with Gasteiger partial charge in [-0.2, -0.15) is 0 Å². The molecule has 0 amide bonds. The summed E-state index contributed by atoms with van der Waals surface area (Å²) in [5.74, 6) is -0.313. The second kappa shape index (κ2) is 3.80. The van der Waals surface area contributed by atoms with Crippen LogP contribution in [0.25, 0.3) is 5.69 Å². The zero-order valence-electron chi connectivity index (χ0n) is 9.44. The van der Waals surface area contributed by atoms with Crippen LogP contribution in [0.1, 0.15) is 16.3 Å². The number of carboxylic acids is 1. The molecule has 0 radical (unpaired) electrons. The molecule has 1 aromatic heterocycles. The molecule has 0 aliphatic carbocycles. The number of hydrogen-bond donors (Lipinski definition) is 1. The number of fused-ring (bicyclic) bond motifs is 3. The zero-order chi connectivity index (χ0) is 13.6. The first-order chi connectivity index (χ1) is 9.06. The molecule has 96 valence electrons. The lowest BCUT2D eigenvalue weighted by molar-refractivity contribution is -0.384. The Morgan fingerprint density at radius 3 is 3.00 bits per heavy atom. The minimum Gasteiger partial charge on any atom is -0.483 e. The van der Waals surface area contributed by atoms with Gasteiger partial charge in [-0.25, -0.2) is 9.78 Å². The van der Waals surface area contributed by atoms with Crippen molar-refractivity contribution in [1.29, 1.82) is 0 Å². The summed E-state index contributed by atoms with van der Waals surface area (Å²) in [5.41, 5.74) is 0.189. The number of hydrogen-bond acceptors (Lipinski definition) is 5. The number of imidazole rings is 1. The number of aromatic nitrogens is 2. The summed E-state index contributed by atoms with van der Waals surface area (Å²) in [6, 6.07) is 4.14. The van der Waals surface area contributed by atoms with Gasteiger partial charge in [-0.05, 0) is 6.07 Å². The van der Waals surface area contributed by atoms with Crippen LogP contribution in [0.3, 0.4) is 0 Å². The van der Waals surface area contributed by atoms with E-state index in [-0.39, 0.29) is 18.0 Å². The average Bonchev–Trinajstić information content (AvgIpc) is 2.82. The molecular formula is C11H7N3O5. The first-order valence-electron chi connectivity index (χ1n) is 5.29. The fourth-order valence-corrected chi connectivity index (χ4v) is 1.90. The van der Waals surface area contributed by atoms with Crippen molar-refractivity contribution < 1.29 is 19.6 Å². The van der Waals surface area contributed by atoms with Crippen molar-refractivity contribution in [2.45, 2.75) is 6.61 Å². The molecular weight excluding hydrogens is 254 g/mol. The molecule has 0 saturated carbocycles. The van der Waals surface area contributed by atoms with Crippen molar-refractivity contribution in [2.24, 2.45) is 0 Å². The Balaban J connectivity index is 2.18. The second-order valence-electron chi connectivity index (χ2n) is 3.92. The van der Waals surface area contributed by atoms with E-state index in [9.17, 15) is 14.9 Å². The minimum absolute atomic E-state index is 0.0965. The third-order valence-electron chi connectivity index (χ3n) is 2.77. The SMILES string of the molecule is O=C(O)c1cn2c(n1)COc1ccc([N+](=O)[O-])cc1-2. The van der Waals surface area contributed by atoms with Crippen molar-refractivity contribution in [3.8, 4) is 11.4 Å². The van der Waals surface area contributed by atoms with Crippen molar-refractivity contribution in [3.63, 3.8) is 0 Å². The number of nitro benzene ring substituents is 1. The predicted molar refractivity (Wildman–Crippen MR) is 61.5 cm³/mol. The lowest BCUT2D eigenvalue weighted by atomic mass is 10.2. The Morgan fingerprint density at radius 2 is 2.32 bits per heavy atom. The van der Waals surface area contributed by atoms with Gasteiger partial charge in [0.1, 0.15) is 12.4 Å². The molecule has 8 heteroatoms. The van der Waals surface area contributed by atoms with Crippen LogP contribution in [0.2, 0.25) is 0 Å². The molecule has 8 nitrogen and oxygen atoms in total. The third-order valence-corrected chi connectivity index (χ3v) is 2.77. The fourth-order valence-electron chi connectivity index (χ4n) is 1.90. The van der Waals surface area contributed by atoms with E-state index in [1.807, 2.05) is 0 Å². The molecule has 1 aliphatic rings. The van der Waals surface area contributed by atoms with Crippen LogP contribution in [0.4, 0.5) is 5.69 Å². The van der Waals surface area contributed by atoms with Gasteiger partial charge in [0.05, 0.1) is 10.6 Å². The van der Waals surface area contributed by atoms with E-state index in [0.717, 1.165) is 0 Å². The Hall–Kier alpha value is -2.90. The van der Waals surface area contributed by atoms with E-state index in [1.165, 1.54) is 29.0 Å². The van der Waals surface area contributed by atoms with E-state index in [1.54, 1.807) is 0 Å². The van der Waals surface area contributed by atoms with Crippen LogP contribution in [-0.4, -0.2) is 25.6 Å². The Bertz CT molecular complexity index is 706. The highest BCUT2D eigenvalue weighted by Crippen LogP contribution is 2.32. The number of nitro groups is 1. The van der Waals surface area contributed by atoms with Crippen LogP contribution < -0.4 is 4.74 Å². The Morgan fingerprint density at radius 1 is 1.53 bits per heavy atom. The molecule has 1 N–H and O–H groups in total. The maximum atomic E-state index is 10.9. The summed E-state index contributed by atoms with van der Waals surface area (Å²) in [6.45, 7) is 0.123. The van der Waals surface area contributed by atoms with E-state index in [0.29, 0.717) is 17.3 Å². The van der Waals surface area contributed by atoms with Gasteiger partial charge in [0.25, 0.3) is 5.69 Å². The van der Waals surface area contributed by atoms with Crippen LogP contribution in [0.15, 0.2) is 24.4 Å². The summed E-state index contributed by atoms with van der Waals surface area (Å²) >= 11 is 0. The number of nitrogens with zero attached hydrogens (tertiary/aromatic N) is 3. The average molecular weight is 261 g/mol. The first-order valence-corrected chi connectivity index (χ1v) is 5.29. The summed E-state index contributed by atoms with van der Waals surface area (Å²) < 4.78 is 6.87. The predicted octanol–water partition coefficient (Wildman–Crippen LogP) is 1.37. The molecule has 0 saturated heterocycles. The molecule has 0 spiro atoms. The molecule has 0 bridgehead atoms. The summed E-state index contributed by atoms with van der Waals surface area (Å²) in [5, 5.41) is 19.7. The smallest absolute Gasteiger partial charge is 0.356 e. The largest absolute Gasteiger partial charge is 0.483 e. The highest BCUT2D eigenvalue weighted by Gasteiger charge is 2.23. The lowest BCUT2D eigenvalue weighted by Crippen LogP contribution is -2.12. The maximum absolute atomic E-state index is 10.9. The Kier molecular flexibility index (Phi) is 2.24. The van der Waals surface area contributed by atoms with Crippen LogP contribution in [0.5, 0.6) is 5.75 Å². The van der Waals surface area contributed by atoms with Crippen LogP contribution >= 0.6 is 0 Å². The van der Waals surface area contributed by atoms with E-state index in [4.69, 9.17) is 9.84 Å². The summed E-state index contributed by atoms with van der Waals surface area (Å²) in [6.07, 6.45) is 1.32. The third kappa shape index (κ3) is 1.69. The monoisotopic (exact) mass is 261 g/mol. The van der Waals surface area contributed by atoms with Crippen molar-refractivity contribution in [3.05, 3.63) is 46.0 Å². The summed E-state index contributed by atoms with van der Waals surface area (Å²) in [4.78, 5) is 25.0. The molecule has 0 unspecified atom stereocenters. The quantitative estimate of drug-likeness (QED) is 0.646. The standard InChI is InChI=1S/C11H7N3O5/c15-11(16)7-4-13-8-3-6(14(17)18)1-2-9(8)19-5-10(13)12-7/h1-4H,5H2,(H,15,16). The van der Waals surface area contributed by atoms with E-state index < -0.39 is 10.9 Å². The minimum atomic E-state index is -1.16. The van der Waals surface area contributed by atoms with Gasteiger partial charge in [0.15, 0.2) is 11.5 Å². The molecule has 2 heterocycles. The van der Waals surface area contributed by atoms with Gasteiger partial charge >= 0.3 is 5.97 Å². The van der Waals surface area contributed by atoms with Gasteiger partial charge in [-0.1, -0.05) is 0 Å². The number of aromatic carboxylic acids is 1. The molecule has 3 rings (SSSR count). The normalized spacial score (nSPS) is 12.2. The molecule has 0 fully saturated rings. The van der Waals surface area contributed by atoms with Gasteiger partial charge in [0, 0.05) is 18.3 Å². The number of benzene rings is 1. The van der Waals surface area contributed by atoms with Crippen LogP contribution in [-0.2, 0) is 6.61 Å². The molecule has 1 aromatic carbocycles. The van der Waals surface area contributed by atoms with Gasteiger partial charge in [-0.3, -0.25) is 14.7 Å². The van der Waals surface area contributed by atoms with E-state index >= 15 is 0 Å². The zero-order valence-corrected chi connectivity index (χ0v) is 9.44. The van der Waals surface area contributed by atoms with Crippen molar-refractivity contribution in [1.82, 2.24) is 9.55 Å². The van der Waals surface area contributed by atoms with Crippen LogP contribution in [0, 0.1) is 10.1 Å². The number of carboxylic acid groups (broad SMARTS) is 1. The summed E-state index contributed by atoms with van der Waals surface area (Å²) in [7, 11) is 0. The number of carbonyl (C=O) groups is 1. The molecule has 2 aromatic rings. The van der Waals surface area contributed by atoms with Gasteiger partial charge < -0.3 is 9.84 Å². The van der Waals surface area contributed by atoms with Crippen molar-refractivity contribution >= 4 is 11.7 Å². The highest BCUT2D eigenvalue weighted by atomic mass is 16.6. The fraction of sp³-hybridized carbons (Fsp3) is 0.0909.